The minimum atomic E-state index is 0.453. The van der Waals surface area contributed by atoms with Crippen LogP contribution in [0.4, 0.5) is 0 Å². The lowest BCUT2D eigenvalue weighted by molar-refractivity contribution is 0.410. The highest BCUT2D eigenvalue weighted by atomic mass is 79.9. The molecule has 0 aliphatic heterocycles. The third-order valence-corrected chi connectivity index (χ3v) is 1.91. The van der Waals surface area contributed by atoms with Gasteiger partial charge in [-0.25, -0.2) is 4.98 Å². The number of alkyl halides is 1. The molecule has 62 valence electrons. The van der Waals surface area contributed by atoms with Gasteiger partial charge in [-0.15, -0.1) is 0 Å². The van der Waals surface area contributed by atoms with E-state index in [2.05, 4.69) is 26.1 Å². The average molecular weight is 229 g/mol. The van der Waals surface area contributed by atoms with Gasteiger partial charge in [0.15, 0.2) is 0 Å². The summed E-state index contributed by atoms with van der Waals surface area (Å²) in [5.41, 5.74) is 0.822. The molecule has 0 unspecified atom stereocenters. The molecule has 0 saturated heterocycles. The van der Waals surface area contributed by atoms with Crippen LogP contribution in [0.3, 0.4) is 0 Å². The average Bonchev–Trinajstić information content (AvgIpc) is 2.75. The van der Waals surface area contributed by atoms with Crippen LogP contribution in [-0.4, -0.2) is 10.1 Å². The lowest BCUT2D eigenvalue weighted by Gasteiger charge is -1.81. The zero-order valence-electron chi connectivity index (χ0n) is 6.03. The molecule has 2 rings (SSSR count). The minimum Gasteiger partial charge on any atom is -0.442 e. The summed E-state index contributed by atoms with van der Waals surface area (Å²) in [7, 11) is 0. The molecular formula is C7H5BrN2O2. The summed E-state index contributed by atoms with van der Waals surface area (Å²) in [6.45, 7) is 0. The first kappa shape index (κ1) is 7.54. The van der Waals surface area contributed by atoms with Crippen molar-refractivity contribution in [3.8, 4) is 11.7 Å². The molecule has 0 aliphatic carbocycles. The Morgan fingerprint density at radius 3 is 3.00 bits per heavy atom. The van der Waals surface area contributed by atoms with Gasteiger partial charge in [-0.05, 0) is 0 Å². The predicted molar refractivity (Wildman–Crippen MR) is 44.6 cm³/mol. The molecule has 0 N–H and O–H groups in total. The number of nitrogens with zero attached hydrogens (tertiary/aromatic N) is 2. The van der Waals surface area contributed by atoms with E-state index in [0.29, 0.717) is 17.0 Å². The highest BCUT2D eigenvalue weighted by Gasteiger charge is 2.08. The van der Waals surface area contributed by atoms with Crippen molar-refractivity contribution in [3.63, 3.8) is 0 Å². The maximum atomic E-state index is 5.02. The Morgan fingerprint density at radius 2 is 2.42 bits per heavy atom. The van der Waals surface area contributed by atoms with Crippen molar-refractivity contribution in [3.05, 3.63) is 24.2 Å². The molecule has 2 heterocycles. The Balaban J connectivity index is 2.35. The number of aromatic nitrogens is 2. The largest absolute Gasteiger partial charge is 0.442 e. The maximum absolute atomic E-state index is 5.02. The monoisotopic (exact) mass is 228 g/mol. The second kappa shape index (κ2) is 3.10. The van der Waals surface area contributed by atoms with E-state index in [1.54, 1.807) is 12.3 Å². The van der Waals surface area contributed by atoms with Gasteiger partial charge in [0, 0.05) is 11.4 Å². The van der Waals surface area contributed by atoms with Crippen molar-refractivity contribution in [2.45, 2.75) is 5.33 Å². The Morgan fingerprint density at radius 1 is 1.50 bits per heavy atom. The van der Waals surface area contributed by atoms with Gasteiger partial charge in [-0.1, -0.05) is 21.1 Å². The van der Waals surface area contributed by atoms with Crippen LogP contribution in [0, 0.1) is 0 Å². The van der Waals surface area contributed by atoms with Crippen molar-refractivity contribution in [1.82, 2.24) is 10.1 Å². The fraction of sp³-hybridized carbons (Fsp3) is 0.143. The molecule has 2 aromatic heterocycles. The van der Waals surface area contributed by atoms with Crippen LogP contribution in [0.2, 0.25) is 0 Å². The van der Waals surface area contributed by atoms with Crippen LogP contribution >= 0.6 is 15.9 Å². The second-order valence-electron chi connectivity index (χ2n) is 2.15. The van der Waals surface area contributed by atoms with E-state index in [0.717, 1.165) is 5.69 Å². The standard InChI is InChI=1S/C7H5BrN2O2/c8-4-5-3-6(12-10-5)7-9-1-2-11-7/h1-3H,4H2. The highest BCUT2D eigenvalue weighted by molar-refractivity contribution is 9.08. The molecule has 0 amide bonds. The third-order valence-electron chi connectivity index (χ3n) is 1.34. The van der Waals surface area contributed by atoms with E-state index in [1.165, 1.54) is 6.26 Å². The first-order valence-corrected chi connectivity index (χ1v) is 4.43. The van der Waals surface area contributed by atoms with E-state index in [1.807, 2.05) is 0 Å². The SMILES string of the molecule is BrCc1cc(-c2ncco2)on1. The van der Waals surface area contributed by atoms with Crippen molar-refractivity contribution in [1.29, 1.82) is 0 Å². The summed E-state index contributed by atoms with van der Waals surface area (Å²) < 4.78 is 9.98. The summed E-state index contributed by atoms with van der Waals surface area (Å²) in [4.78, 5) is 3.92. The van der Waals surface area contributed by atoms with Crippen molar-refractivity contribution in [2.24, 2.45) is 0 Å². The maximum Gasteiger partial charge on any atom is 0.265 e. The Kier molecular flexibility index (Phi) is 1.95. The summed E-state index contributed by atoms with van der Waals surface area (Å²) in [5.74, 6) is 1.00. The van der Waals surface area contributed by atoms with E-state index in [-0.39, 0.29) is 0 Å². The van der Waals surface area contributed by atoms with Gasteiger partial charge in [0.05, 0.1) is 11.9 Å². The fourth-order valence-corrected chi connectivity index (χ4v) is 1.08. The zero-order chi connectivity index (χ0) is 8.39. The fourth-order valence-electron chi connectivity index (χ4n) is 0.821. The van der Waals surface area contributed by atoms with Gasteiger partial charge in [0.2, 0.25) is 5.76 Å². The Labute approximate surface area is 76.7 Å². The molecule has 12 heavy (non-hydrogen) atoms. The summed E-state index contributed by atoms with van der Waals surface area (Å²) in [6.07, 6.45) is 3.05. The smallest absolute Gasteiger partial charge is 0.265 e. The van der Waals surface area contributed by atoms with Crippen molar-refractivity contribution < 1.29 is 8.94 Å². The quantitative estimate of drug-likeness (QED) is 0.741. The van der Waals surface area contributed by atoms with E-state index in [9.17, 15) is 0 Å². The highest BCUT2D eigenvalue weighted by Crippen LogP contribution is 2.18. The number of hydrogen-bond donors (Lipinski definition) is 0. The molecule has 0 radical (unpaired) electrons. The first-order valence-electron chi connectivity index (χ1n) is 3.31. The molecule has 0 saturated carbocycles. The molecule has 4 nitrogen and oxygen atoms in total. The van der Waals surface area contributed by atoms with Gasteiger partial charge in [0.1, 0.15) is 6.26 Å². The minimum absolute atomic E-state index is 0.453. The third kappa shape index (κ3) is 1.27. The Hall–Kier alpha value is -1.10. The molecule has 5 heteroatoms. The van der Waals surface area contributed by atoms with Gasteiger partial charge in [0.25, 0.3) is 5.89 Å². The number of rotatable bonds is 2. The van der Waals surface area contributed by atoms with Crippen LogP contribution < -0.4 is 0 Å². The van der Waals surface area contributed by atoms with Crippen molar-refractivity contribution in [2.75, 3.05) is 0 Å². The first-order chi connectivity index (χ1) is 5.90. The lowest BCUT2D eigenvalue weighted by atomic mass is 10.4. The van der Waals surface area contributed by atoms with Gasteiger partial charge in [-0.2, -0.15) is 0 Å². The molecule has 0 aromatic carbocycles. The van der Waals surface area contributed by atoms with Crippen LogP contribution in [-0.2, 0) is 5.33 Å². The van der Waals surface area contributed by atoms with E-state index >= 15 is 0 Å². The predicted octanol–water partition coefficient (Wildman–Crippen LogP) is 2.22. The van der Waals surface area contributed by atoms with Gasteiger partial charge < -0.3 is 8.94 Å². The van der Waals surface area contributed by atoms with Crippen molar-refractivity contribution >= 4 is 15.9 Å². The molecule has 0 bridgehead atoms. The van der Waals surface area contributed by atoms with Crippen LogP contribution in [0.25, 0.3) is 11.7 Å². The topological polar surface area (TPSA) is 52.1 Å². The summed E-state index contributed by atoms with van der Waals surface area (Å²) >= 11 is 3.26. The number of hydrogen-bond acceptors (Lipinski definition) is 4. The molecule has 2 aromatic rings. The zero-order valence-corrected chi connectivity index (χ0v) is 7.61. The normalized spacial score (nSPS) is 10.4. The molecule has 0 spiro atoms. The number of oxazole rings is 1. The van der Waals surface area contributed by atoms with E-state index < -0.39 is 0 Å². The molecule has 0 fully saturated rings. The Bertz CT molecular complexity index is 355. The lowest BCUT2D eigenvalue weighted by Crippen LogP contribution is -1.71. The van der Waals surface area contributed by atoms with Gasteiger partial charge in [-0.3, -0.25) is 0 Å². The van der Waals surface area contributed by atoms with Crippen LogP contribution in [0.15, 0.2) is 27.5 Å². The van der Waals surface area contributed by atoms with Gasteiger partial charge >= 0.3 is 0 Å². The second-order valence-corrected chi connectivity index (χ2v) is 2.71. The molecule has 0 aliphatic rings. The molecular weight excluding hydrogens is 224 g/mol. The van der Waals surface area contributed by atoms with E-state index in [4.69, 9.17) is 8.94 Å². The summed E-state index contributed by atoms with van der Waals surface area (Å²) in [6, 6.07) is 1.78. The number of halogens is 1. The summed E-state index contributed by atoms with van der Waals surface area (Å²) in [5, 5.41) is 4.43. The van der Waals surface area contributed by atoms with Crippen LogP contribution in [0.1, 0.15) is 5.69 Å². The molecule has 0 atom stereocenters. The van der Waals surface area contributed by atoms with Crippen LogP contribution in [0.5, 0.6) is 0 Å².